The Hall–Kier alpha value is -3.18. The van der Waals surface area contributed by atoms with Crippen molar-refractivity contribution in [2.75, 3.05) is 24.5 Å². The van der Waals surface area contributed by atoms with Crippen molar-refractivity contribution in [1.82, 2.24) is 15.6 Å². The molecule has 3 aromatic rings. The Labute approximate surface area is 171 Å². The highest BCUT2D eigenvalue weighted by molar-refractivity contribution is 5.94. The molecule has 5 nitrogen and oxygen atoms in total. The molecule has 148 valence electrons. The smallest absolute Gasteiger partial charge is 0.253 e. The van der Waals surface area contributed by atoms with Gasteiger partial charge < -0.3 is 15.5 Å². The van der Waals surface area contributed by atoms with E-state index in [0.29, 0.717) is 12.1 Å². The number of benzene rings is 2. The third-order valence-electron chi connectivity index (χ3n) is 5.25. The first-order valence-corrected chi connectivity index (χ1v) is 10.0. The second-order valence-corrected chi connectivity index (χ2v) is 7.44. The third kappa shape index (κ3) is 4.81. The predicted octanol–water partition coefficient (Wildman–Crippen LogP) is 3.47. The monoisotopic (exact) mass is 386 g/mol. The van der Waals surface area contributed by atoms with Gasteiger partial charge in [-0.1, -0.05) is 60.2 Å². The molecule has 0 aliphatic carbocycles. The summed E-state index contributed by atoms with van der Waals surface area (Å²) < 4.78 is 0. The first-order chi connectivity index (χ1) is 14.2. The van der Waals surface area contributed by atoms with Crippen molar-refractivity contribution in [2.24, 2.45) is 0 Å². The fraction of sp³-hybridized carbons (Fsp3) is 0.250. The van der Waals surface area contributed by atoms with Crippen LogP contribution in [0, 0.1) is 6.92 Å². The molecule has 2 N–H and O–H groups in total. The van der Waals surface area contributed by atoms with Gasteiger partial charge in [-0.05, 0) is 30.2 Å². The molecule has 1 fully saturated rings. The molecule has 0 radical (unpaired) electrons. The molecule has 5 heteroatoms. The van der Waals surface area contributed by atoms with Crippen molar-refractivity contribution in [3.8, 4) is 0 Å². The van der Waals surface area contributed by atoms with E-state index >= 15 is 0 Å². The lowest BCUT2D eigenvalue weighted by molar-refractivity contribution is 0.0950. The van der Waals surface area contributed by atoms with Crippen molar-refractivity contribution < 1.29 is 4.79 Å². The highest BCUT2D eigenvalue weighted by Crippen LogP contribution is 2.21. The Bertz CT molecular complexity index is 956. The Morgan fingerprint density at radius 2 is 2.00 bits per heavy atom. The van der Waals surface area contributed by atoms with Gasteiger partial charge >= 0.3 is 0 Å². The van der Waals surface area contributed by atoms with E-state index in [9.17, 15) is 4.79 Å². The molecule has 2 heterocycles. The Kier molecular flexibility index (Phi) is 5.86. The zero-order valence-corrected chi connectivity index (χ0v) is 16.6. The molecule has 0 bridgehead atoms. The van der Waals surface area contributed by atoms with Gasteiger partial charge in [0.2, 0.25) is 0 Å². The van der Waals surface area contributed by atoms with Gasteiger partial charge in [0.15, 0.2) is 0 Å². The number of nitrogens with one attached hydrogen (secondary N) is 2. The normalized spacial score (nSPS) is 16.4. The topological polar surface area (TPSA) is 57.3 Å². The Morgan fingerprint density at radius 1 is 1.14 bits per heavy atom. The van der Waals surface area contributed by atoms with Crippen LogP contribution in [0.5, 0.6) is 0 Å². The van der Waals surface area contributed by atoms with Crippen LogP contribution in [0.4, 0.5) is 5.82 Å². The molecule has 1 aliphatic heterocycles. The number of hydrogen-bond donors (Lipinski definition) is 2. The standard InChI is InChI=1S/C24H26N4O/c1-18-6-5-7-19(14-18)15-27-24(29)21-10-11-23(26-16-21)28-13-12-25-22(17-28)20-8-3-2-4-9-20/h2-11,14,16,22,25H,12-13,15,17H2,1H3,(H,27,29)/t22-/m0/s1. The van der Waals surface area contributed by atoms with Crippen LogP contribution in [0.3, 0.4) is 0 Å². The first kappa shape index (κ1) is 19.2. The summed E-state index contributed by atoms with van der Waals surface area (Å²) in [5.74, 6) is 0.802. The molecule has 0 saturated carbocycles. The number of aromatic nitrogens is 1. The van der Waals surface area contributed by atoms with Gasteiger partial charge in [-0.25, -0.2) is 4.98 Å². The number of carbonyl (C=O) groups excluding carboxylic acids is 1. The summed E-state index contributed by atoms with van der Waals surface area (Å²) in [6.07, 6.45) is 1.67. The van der Waals surface area contributed by atoms with E-state index in [1.54, 1.807) is 6.20 Å². The minimum absolute atomic E-state index is 0.104. The summed E-state index contributed by atoms with van der Waals surface area (Å²) in [7, 11) is 0. The van der Waals surface area contributed by atoms with Crippen LogP contribution in [0.15, 0.2) is 72.9 Å². The third-order valence-corrected chi connectivity index (χ3v) is 5.25. The molecule has 4 rings (SSSR count). The summed E-state index contributed by atoms with van der Waals surface area (Å²) in [5.41, 5.74) is 4.14. The number of amides is 1. The van der Waals surface area contributed by atoms with Gasteiger partial charge in [-0.2, -0.15) is 0 Å². The quantitative estimate of drug-likeness (QED) is 0.705. The number of aryl methyl sites for hydroxylation is 1. The number of pyridine rings is 1. The van der Waals surface area contributed by atoms with E-state index in [4.69, 9.17) is 0 Å². The zero-order chi connectivity index (χ0) is 20.1. The minimum atomic E-state index is -0.104. The average molecular weight is 386 g/mol. The maximum atomic E-state index is 12.5. The summed E-state index contributed by atoms with van der Waals surface area (Å²) >= 11 is 0. The zero-order valence-electron chi connectivity index (χ0n) is 16.6. The summed E-state index contributed by atoms with van der Waals surface area (Å²) in [4.78, 5) is 19.3. The van der Waals surface area contributed by atoms with Gasteiger partial charge in [-0.15, -0.1) is 0 Å². The lowest BCUT2D eigenvalue weighted by Crippen LogP contribution is -2.46. The predicted molar refractivity (Wildman–Crippen MR) is 116 cm³/mol. The van der Waals surface area contributed by atoms with Gasteiger partial charge in [0.25, 0.3) is 5.91 Å². The van der Waals surface area contributed by atoms with Crippen molar-refractivity contribution in [2.45, 2.75) is 19.5 Å². The molecule has 1 aromatic heterocycles. The lowest BCUT2D eigenvalue weighted by Gasteiger charge is -2.34. The van der Waals surface area contributed by atoms with E-state index in [1.165, 1.54) is 11.1 Å². The Balaban J connectivity index is 1.37. The second-order valence-electron chi connectivity index (χ2n) is 7.44. The van der Waals surface area contributed by atoms with E-state index in [-0.39, 0.29) is 11.9 Å². The van der Waals surface area contributed by atoms with Crippen molar-refractivity contribution >= 4 is 11.7 Å². The molecule has 2 aromatic carbocycles. The van der Waals surface area contributed by atoms with Crippen molar-refractivity contribution in [3.63, 3.8) is 0 Å². The molecule has 1 aliphatic rings. The maximum Gasteiger partial charge on any atom is 0.253 e. The maximum absolute atomic E-state index is 12.5. The molecule has 0 unspecified atom stereocenters. The number of rotatable bonds is 5. The van der Waals surface area contributed by atoms with Crippen LogP contribution in [-0.4, -0.2) is 30.5 Å². The van der Waals surface area contributed by atoms with Crippen LogP contribution >= 0.6 is 0 Å². The van der Waals surface area contributed by atoms with E-state index < -0.39 is 0 Å². The SMILES string of the molecule is Cc1cccc(CNC(=O)c2ccc(N3CCN[C@H](c4ccccc4)C3)nc2)c1. The highest BCUT2D eigenvalue weighted by atomic mass is 16.1. The second kappa shape index (κ2) is 8.88. The number of hydrogen-bond acceptors (Lipinski definition) is 4. The van der Waals surface area contributed by atoms with Crippen molar-refractivity contribution in [1.29, 1.82) is 0 Å². The van der Waals surface area contributed by atoms with Crippen LogP contribution in [0.25, 0.3) is 0 Å². The minimum Gasteiger partial charge on any atom is -0.353 e. The molecular weight excluding hydrogens is 360 g/mol. The summed E-state index contributed by atoms with van der Waals surface area (Å²) in [5, 5.41) is 6.53. The molecule has 1 saturated heterocycles. The van der Waals surface area contributed by atoms with E-state index in [1.807, 2.05) is 43.3 Å². The number of piperazine rings is 1. The van der Waals surface area contributed by atoms with Crippen molar-refractivity contribution in [3.05, 3.63) is 95.2 Å². The largest absolute Gasteiger partial charge is 0.353 e. The van der Waals surface area contributed by atoms with Crippen LogP contribution in [0.1, 0.15) is 33.1 Å². The molecule has 0 spiro atoms. The number of carbonyl (C=O) groups is 1. The average Bonchev–Trinajstić information content (AvgIpc) is 2.78. The molecule has 1 amide bonds. The molecule has 1 atom stereocenters. The van der Waals surface area contributed by atoms with Gasteiger partial charge in [0.1, 0.15) is 5.82 Å². The fourth-order valence-electron chi connectivity index (χ4n) is 3.68. The van der Waals surface area contributed by atoms with E-state index in [0.717, 1.165) is 31.0 Å². The molecule has 29 heavy (non-hydrogen) atoms. The molecular formula is C24H26N4O. The van der Waals surface area contributed by atoms with Gasteiger partial charge in [0, 0.05) is 38.4 Å². The lowest BCUT2D eigenvalue weighted by atomic mass is 10.0. The first-order valence-electron chi connectivity index (χ1n) is 10.0. The summed E-state index contributed by atoms with van der Waals surface area (Å²) in [6, 6.07) is 22.7. The number of anilines is 1. The van der Waals surface area contributed by atoms with Gasteiger partial charge in [0.05, 0.1) is 5.56 Å². The Morgan fingerprint density at radius 3 is 2.76 bits per heavy atom. The van der Waals surface area contributed by atoms with Crippen LogP contribution in [0.2, 0.25) is 0 Å². The van der Waals surface area contributed by atoms with Crippen LogP contribution in [-0.2, 0) is 6.54 Å². The van der Waals surface area contributed by atoms with Gasteiger partial charge in [-0.3, -0.25) is 4.79 Å². The van der Waals surface area contributed by atoms with E-state index in [2.05, 4.69) is 50.8 Å². The highest BCUT2D eigenvalue weighted by Gasteiger charge is 2.21. The number of nitrogens with zero attached hydrogens (tertiary/aromatic N) is 2. The summed E-state index contributed by atoms with van der Waals surface area (Å²) in [6.45, 7) is 5.22. The fourth-order valence-corrected chi connectivity index (χ4v) is 3.68. The van der Waals surface area contributed by atoms with Crippen LogP contribution < -0.4 is 15.5 Å².